The van der Waals surface area contributed by atoms with Crippen LogP contribution in [0.5, 0.6) is 0 Å². The Morgan fingerprint density at radius 1 is 1.11 bits per heavy atom. The van der Waals surface area contributed by atoms with Crippen LogP contribution in [0.3, 0.4) is 0 Å². The standard InChI is InChI=1S/C2H6O2.H2O4S/c3-1-2-4;1-5(2,3)4/h3-4H,1-2H2;(H2,1,2,3,4)/p-2. The molecule has 9 heavy (non-hydrogen) atoms. The molecule has 58 valence electrons. The molecule has 0 aromatic rings. The summed E-state index contributed by atoms with van der Waals surface area (Å²) in [5.41, 5.74) is 0. The van der Waals surface area contributed by atoms with Crippen LogP contribution in [-0.2, 0) is 10.4 Å². The summed E-state index contributed by atoms with van der Waals surface area (Å²) >= 11 is 0. The highest BCUT2D eigenvalue weighted by molar-refractivity contribution is 7.79. The Morgan fingerprint density at radius 3 is 1.22 bits per heavy atom. The fourth-order valence-corrected chi connectivity index (χ4v) is 0. The van der Waals surface area contributed by atoms with Gasteiger partial charge < -0.3 is 19.3 Å². The lowest BCUT2D eigenvalue weighted by Crippen LogP contribution is -1.91. The first-order valence-corrected chi connectivity index (χ1v) is 3.13. The van der Waals surface area contributed by atoms with Gasteiger partial charge in [-0.25, -0.2) is 0 Å². The van der Waals surface area contributed by atoms with E-state index in [1.165, 1.54) is 0 Å². The van der Waals surface area contributed by atoms with Gasteiger partial charge in [-0.05, 0) is 0 Å². The highest BCUT2D eigenvalue weighted by Crippen LogP contribution is 1.57. The third kappa shape index (κ3) is 418. The summed E-state index contributed by atoms with van der Waals surface area (Å²) in [5.74, 6) is 0. The van der Waals surface area contributed by atoms with Crippen molar-refractivity contribution in [3.63, 3.8) is 0 Å². The van der Waals surface area contributed by atoms with Crippen LogP contribution in [0.4, 0.5) is 0 Å². The Morgan fingerprint density at radius 2 is 1.22 bits per heavy atom. The van der Waals surface area contributed by atoms with Crippen molar-refractivity contribution in [3.8, 4) is 0 Å². The van der Waals surface area contributed by atoms with Crippen molar-refractivity contribution in [2.75, 3.05) is 13.2 Å². The zero-order valence-electron chi connectivity index (χ0n) is 4.35. The maximum atomic E-state index is 8.52. The van der Waals surface area contributed by atoms with Gasteiger partial charge in [0, 0.05) is 10.4 Å². The minimum absolute atomic E-state index is 0.125. The summed E-state index contributed by atoms with van der Waals surface area (Å²) in [5, 5.41) is 15.2. The van der Waals surface area contributed by atoms with Gasteiger partial charge in [-0.2, -0.15) is 0 Å². The number of hydrogen-bond donors (Lipinski definition) is 2. The number of aliphatic hydroxyl groups excluding tert-OH is 2. The van der Waals surface area contributed by atoms with Gasteiger partial charge in [0.05, 0.1) is 13.2 Å². The molecule has 0 aromatic heterocycles. The largest absolute Gasteiger partial charge is 0.759 e. The molecule has 0 aliphatic heterocycles. The molecule has 0 fully saturated rings. The summed E-state index contributed by atoms with van der Waals surface area (Å²) in [6, 6.07) is 0. The number of rotatable bonds is 1. The van der Waals surface area contributed by atoms with Gasteiger partial charge in [-0.15, -0.1) is 0 Å². The molecule has 0 radical (unpaired) electrons. The molecule has 0 saturated heterocycles. The van der Waals surface area contributed by atoms with E-state index >= 15 is 0 Å². The van der Waals surface area contributed by atoms with Crippen molar-refractivity contribution in [2.45, 2.75) is 0 Å². The minimum Gasteiger partial charge on any atom is -0.759 e. The van der Waals surface area contributed by atoms with Crippen LogP contribution in [0.1, 0.15) is 0 Å². The molecule has 0 bridgehead atoms. The molecule has 0 aliphatic rings. The molecule has 0 unspecified atom stereocenters. The van der Waals surface area contributed by atoms with E-state index in [0.29, 0.717) is 0 Å². The molecule has 0 aromatic carbocycles. The van der Waals surface area contributed by atoms with E-state index in [9.17, 15) is 0 Å². The van der Waals surface area contributed by atoms with Crippen molar-refractivity contribution in [3.05, 3.63) is 0 Å². The molecule has 6 nitrogen and oxygen atoms in total. The van der Waals surface area contributed by atoms with E-state index in [1.54, 1.807) is 0 Å². The summed E-state index contributed by atoms with van der Waals surface area (Å²) in [6.07, 6.45) is 0. The average Bonchev–Trinajstić information content (AvgIpc) is 1.61. The van der Waals surface area contributed by atoms with Crippen molar-refractivity contribution in [1.82, 2.24) is 0 Å². The number of hydrogen-bond acceptors (Lipinski definition) is 6. The van der Waals surface area contributed by atoms with Crippen LogP contribution in [0.2, 0.25) is 0 Å². The summed E-state index contributed by atoms with van der Waals surface area (Å²) < 4.78 is 34.1. The molecule has 7 heteroatoms. The lowest BCUT2D eigenvalue weighted by atomic mass is 10.8. The quantitative estimate of drug-likeness (QED) is 0.325. The first-order valence-electron chi connectivity index (χ1n) is 1.80. The molecule has 2 N–H and O–H groups in total. The molecule has 0 atom stereocenters. The van der Waals surface area contributed by atoms with Gasteiger partial charge in [0.2, 0.25) is 0 Å². The van der Waals surface area contributed by atoms with Crippen LogP contribution in [0.15, 0.2) is 0 Å². The normalized spacial score (nSPS) is 9.78. The summed E-state index contributed by atoms with van der Waals surface area (Å²) in [6.45, 7) is -0.250. The van der Waals surface area contributed by atoms with E-state index in [0.717, 1.165) is 0 Å². The zero-order chi connectivity index (χ0) is 7.91. The first kappa shape index (κ1) is 11.6. The second kappa shape index (κ2) is 5.92. The molecule has 0 saturated carbocycles. The molecule has 0 heterocycles. The zero-order valence-corrected chi connectivity index (χ0v) is 5.17. The van der Waals surface area contributed by atoms with Crippen molar-refractivity contribution in [1.29, 1.82) is 0 Å². The molecule has 0 aliphatic carbocycles. The molecular formula is C2H6O6S-2. The Bertz CT molecular complexity index is 114. The van der Waals surface area contributed by atoms with Gasteiger partial charge in [-0.1, -0.05) is 0 Å². The molecule has 0 amide bonds. The Kier molecular flexibility index (Phi) is 7.61. The highest BCUT2D eigenvalue weighted by Gasteiger charge is 1.58. The maximum absolute atomic E-state index is 8.52. The van der Waals surface area contributed by atoms with Crippen LogP contribution < -0.4 is 0 Å². The predicted octanol–water partition coefficient (Wildman–Crippen LogP) is -2.37. The lowest BCUT2D eigenvalue weighted by molar-refractivity contribution is 0.186. The summed E-state index contributed by atoms with van der Waals surface area (Å²) in [7, 11) is -5.17. The van der Waals surface area contributed by atoms with E-state index < -0.39 is 10.4 Å². The van der Waals surface area contributed by atoms with E-state index in [2.05, 4.69) is 0 Å². The van der Waals surface area contributed by atoms with Gasteiger partial charge in [-0.3, -0.25) is 8.42 Å². The van der Waals surface area contributed by atoms with Gasteiger partial charge in [0.1, 0.15) is 0 Å². The summed E-state index contributed by atoms with van der Waals surface area (Å²) in [4.78, 5) is 0. The smallest absolute Gasteiger partial charge is 0.0662 e. The Balaban J connectivity index is 0. The monoisotopic (exact) mass is 158 g/mol. The first-order chi connectivity index (χ1) is 3.91. The lowest BCUT2D eigenvalue weighted by Gasteiger charge is -2.06. The van der Waals surface area contributed by atoms with Crippen molar-refractivity contribution in [2.24, 2.45) is 0 Å². The predicted molar refractivity (Wildman–Crippen MR) is 24.6 cm³/mol. The maximum Gasteiger partial charge on any atom is 0.0662 e. The fourth-order valence-electron chi connectivity index (χ4n) is 0. The molecule has 0 spiro atoms. The second-order valence-corrected chi connectivity index (χ2v) is 1.67. The van der Waals surface area contributed by atoms with Gasteiger partial charge in [0.25, 0.3) is 0 Å². The van der Waals surface area contributed by atoms with E-state index in [-0.39, 0.29) is 13.2 Å². The SMILES string of the molecule is O=S(=O)([O-])[O-].OCCO. The average molecular weight is 158 g/mol. The number of aliphatic hydroxyl groups is 2. The van der Waals surface area contributed by atoms with Crippen molar-refractivity contribution < 1.29 is 27.7 Å². The van der Waals surface area contributed by atoms with E-state index in [4.69, 9.17) is 27.7 Å². The van der Waals surface area contributed by atoms with Crippen LogP contribution in [-0.4, -0.2) is 41.0 Å². The molecular weight excluding hydrogens is 152 g/mol. The van der Waals surface area contributed by atoms with Crippen LogP contribution >= 0.6 is 0 Å². The van der Waals surface area contributed by atoms with E-state index in [1.807, 2.05) is 0 Å². The third-order valence-corrected chi connectivity index (χ3v) is 0.1000. The third-order valence-electron chi connectivity index (χ3n) is 0.1000. The second-order valence-electron chi connectivity index (χ2n) is 0.855. The Labute approximate surface area is 52.3 Å². The van der Waals surface area contributed by atoms with Crippen LogP contribution in [0, 0.1) is 0 Å². The molecule has 0 rings (SSSR count). The fraction of sp³-hybridized carbons (Fsp3) is 1.00. The van der Waals surface area contributed by atoms with Crippen molar-refractivity contribution >= 4 is 10.4 Å². The topological polar surface area (TPSA) is 121 Å². The van der Waals surface area contributed by atoms with Gasteiger partial charge in [0.15, 0.2) is 0 Å². The minimum atomic E-state index is -5.17. The highest BCUT2D eigenvalue weighted by atomic mass is 32.3. The van der Waals surface area contributed by atoms with Crippen LogP contribution in [0.25, 0.3) is 0 Å². The van der Waals surface area contributed by atoms with Gasteiger partial charge >= 0.3 is 0 Å². The Hall–Kier alpha value is -0.210.